The van der Waals surface area contributed by atoms with Crippen LogP contribution in [0.1, 0.15) is 25.7 Å². The van der Waals surface area contributed by atoms with Gasteiger partial charge in [-0.1, -0.05) is 24.3 Å². The number of carbonyl (C=O) groups is 1. The lowest BCUT2D eigenvalue weighted by molar-refractivity contribution is -0.124. The van der Waals surface area contributed by atoms with Gasteiger partial charge in [-0.05, 0) is 37.5 Å². The lowest BCUT2D eigenvalue weighted by Gasteiger charge is -2.26. The van der Waals surface area contributed by atoms with Gasteiger partial charge in [0.2, 0.25) is 0 Å². The van der Waals surface area contributed by atoms with Crippen LogP contribution in [0, 0.1) is 23.7 Å². The highest BCUT2D eigenvalue weighted by Gasteiger charge is 2.48. The maximum absolute atomic E-state index is 12.1. The SMILES string of the molecule is O=C1[C@@H]2CC=CC[C@H]2[C@@H]2CC=CC[C@@H]12. The van der Waals surface area contributed by atoms with Crippen molar-refractivity contribution in [3.05, 3.63) is 24.3 Å². The number of carbonyl (C=O) groups excluding carboxylic acids is 1. The molecule has 3 aliphatic carbocycles. The highest BCUT2D eigenvalue weighted by atomic mass is 16.1. The number of hydrogen-bond donors (Lipinski definition) is 0. The molecule has 0 spiro atoms. The van der Waals surface area contributed by atoms with Crippen LogP contribution in [0.5, 0.6) is 0 Å². The average Bonchev–Trinajstić information content (AvgIpc) is 2.55. The van der Waals surface area contributed by atoms with Crippen LogP contribution in [0.25, 0.3) is 0 Å². The minimum Gasteiger partial charge on any atom is -0.299 e. The second kappa shape index (κ2) is 3.08. The molecule has 0 unspecified atom stereocenters. The zero-order valence-corrected chi connectivity index (χ0v) is 8.36. The Balaban J connectivity index is 1.93. The normalized spacial score (nSPS) is 45.0. The fraction of sp³-hybridized carbons (Fsp3) is 0.615. The molecule has 0 heterocycles. The molecular formula is C13H16O. The van der Waals surface area contributed by atoms with Crippen LogP contribution in [-0.4, -0.2) is 5.78 Å². The van der Waals surface area contributed by atoms with E-state index in [2.05, 4.69) is 24.3 Å². The lowest BCUT2D eigenvalue weighted by Crippen LogP contribution is -2.19. The first-order chi connectivity index (χ1) is 6.88. The van der Waals surface area contributed by atoms with Crippen LogP contribution in [0.15, 0.2) is 24.3 Å². The van der Waals surface area contributed by atoms with E-state index in [0.717, 1.165) is 25.7 Å². The number of allylic oxidation sites excluding steroid dienone is 4. The first-order valence-electron chi connectivity index (χ1n) is 5.71. The molecule has 1 fully saturated rings. The monoisotopic (exact) mass is 188 g/mol. The van der Waals surface area contributed by atoms with Gasteiger partial charge in [-0.25, -0.2) is 0 Å². The molecule has 4 atom stereocenters. The second-order valence-electron chi connectivity index (χ2n) is 4.83. The Morgan fingerprint density at radius 2 is 1.21 bits per heavy atom. The summed E-state index contributed by atoms with van der Waals surface area (Å²) in [6.45, 7) is 0. The summed E-state index contributed by atoms with van der Waals surface area (Å²) in [6.07, 6.45) is 13.3. The van der Waals surface area contributed by atoms with Crippen molar-refractivity contribution >= 4 is 5.78 Å². The van der Waals surface area contributed by atoms with E-state index in [1.54, 1.807) is 0 Å². The number of rotatable bonds is 0. The Labute approximate surface area is 84.9 Å². The summed E-state index contributed by atoms with van der Waals surface area (Å²) >= 11 is 0. The lowest BCUT2D eigenvalue weighted by atomic mass is 9.77. The summed E-state index contributed by atoms with van der Waals surface area (Å²) < 4.78 is 0. The summed E-state index contributed by atoms with van der Waals surface area (Å²) in [5.41, 5.74) is 0. The van der Waals surface area contributed by atoms with Crippen LogP contribution >= 0.6 is 0 Å². The third kappa shape index (κ3) is 1.05. The predicted molar refractivity (Wildman–Crippen MR) is 55.7 cm³/mol. The Morgan fingerprint density at radius 3 is 1.71 bits per heavy atom. The van der Waals surface area contributed by atoms with Crippen molar-refractivity contribution in [3.8, 4) is 0 Å². The van der Waals surface area contributed by atoms with Crippen LogP contribution in [-0.2, 0) is 4.79 Å². The highest BCUT2D eigenvalue weighted by molar-refractivity contribution is 5.87. The van der Waals surface area contributed by atoms with E-state index in [1.165, 1.54) is 0 Å². The van der Waals surface area contributed by atoms with E-state index >= 15 is 0 Å². The third-order valence-corrected chi connectivity index (χ3v) is 4.24. The molecule has 0 N–H and O–H groups in total. The van der Waals surface area contributed by atoms with Crippen molar-refractivity contribution < 1.29 is 4.79 Å². The number of hydrogen-bond acceptors (Lipinski definition) is 1. The van der Waals surface area contributed by atoms with E-state index in [9.17, 15) is 4.79 Å². The van der Waals surface area contributed by atoms with Gasteiger partial charge in [-0.2, -0.15) is 0 Å². The second-order valence-corrected chi connectivity index (χ2v) is 4.83. The van der Waals surface area contributed by atoms with Crippen LogP contribution in [0.3, 0.4) is 0 Å². The standard InChI is InChI=1S/C13H16O/c14-13-11-7-3-1-5-9(11)10-6-2-4-8-12(10)13/h1-4,9-12H,5-8H2/t9-,10-,11+,12+/m0/s1. The predicted octanol–water partition coefficient (Wildman–Crippen LogP) is 2.73. The number of fused-ring (bicyclic) bond motifs is 3. The molecule has 0 amide bonds. The molecule has 0 bridgehead atoms. The van der Waals surface area contributed by atoms with Gasteiger partial charge in [0.1, 0.15) is 5.78 Å². The first kappa shape index (κ1) is 8.46. The van der Waals surface area contributed by atoms with Crippen LogP contribution in [0.4, 0.5) is 0 Å². The topological polar surface area (TPSA) is 17.1 Å². The molecule has 0 aromatic heterocycles. The first-order valence-corrected chi connectivity index (χ1v) is 5.71. The molecule has 14 heavy (non-hydrogen) atoms. The molecule has 1 heteroatoms. The van der Waals surface area contributed by atoms with E-state index in [-0.39, 0.29) is 0 Å². The molecule has 3 aliphatic rings. The fourth-order valence-corrected chi connectivity index (χ4v) is 3.55. The van der Waals surface area contributed by atoms with Gasteiger partial charge >= 0.3 is 0 Å². The summed E-state index contributed by atoms with van der Waals surface area (Å²) in [5.74, 6) is 2.64. The summed E-state index contributed by atoms with van der Waals surface area (Å²) in [4.78, 5) is 12.1. The van der Waals surface area contributed by atoms with Gasteiger partial charge in [-0.15, -0.1) is 0 Å². The van der Waals surface area contributed by atoms with Gasteiger partial charge < -0.3 is 0 Å². The van der Waals surface area contributed by atoms with E-state index in [4.69, 9.17) is 0 Å². The van der Waals surface area contributed by atoms with E-state index in [0.29, 0.717) is 29.5 Å². The number of Topliss-reactive ketones (excluding diaryl/α,β-unsaturated/α-hetero) is 1. The summed E-state index contributed by atoms with van der Waals surface area (Å²) in [7, 11) is 0. The van der Waals surface area contributed by atoms with Gasteiger partial charge in [0.25, 0.3) is 0 Å². The minimum atomic E-state index is 0.370. The molecule has 0 aromatic carbocycles. The molecule has 0 aromatic rings. The largest absolute Gasteiger partial charge is 0.299 e. The van der Waals surface area contributed by atoms with Crippen molar-refractivity contribution in [2.24, 2.45) is 23.7 Å². The van der Waals surface area contributed by atoms with Gasteiger partial charge in [0.15, 0.2) is 0 Å². The Morgan fingerprint density at radius 1 is 0.786 bits per heavy atom. The molecule has 1 nitrogen and oxygen atoms in total. The molecule has 0 aliphatic heterocycles. The molecule has 0 radical (unpaired) electrons. The highest BCUT2D eigenvalue weighted by Crippen LogP contribution is 2.49. The van der Waals surface area contributed by atoms with Gasteiger partial charge in [0, 0.05) is 11.8 Å². The molecule has 0 saturated heterocycles. The Kier molecular flexibility index (Phi) is 1.86. The van der Waals surface area contributed by atoms with Crippen molar-refractivity contribution in [2.45, 2.75) is 25.7 Å². The van der Waals surface area contributed by atoms with E-state index < -0.39 is 0 Å². The quantitative estimate of drug-likeness (QED) is 0.534. The maximum Gasteiger partial charge on any atom is 0.140 e. The Hall–Kier alpha value is -0.850. The van der Waals surface area contributed by atoms with Crippen LogP contribution < -0.4 is 0 Å². The number of ketones is 1. The molecular weight excluding hydrogens is 172 g/mol. The van der Waals surface area contributed by atoms with Crippen molar-refractivity contribution in [1.82, 2.24) is 0 Å². The van der Waals surface area contributed by atoms with Gasteiger partial charge in [0.05, 0.1) is 0 Å². The zero-order valence-electron chi connectivity index (χ0n) is 8.36. The molecule has 74 valence electrons. The van der Waals surface area contributed by atoms with Crippen molar-refractivity contribution in [1.29, 1.82) is 0 Å². The molecule has 1 saturated carbocycles. The Bertz CT molecular complexity index is 283. The summed E-state index contributed by atoms with van der Waals surface area (Å²) in [6, 6.07) is 0. The van der Waals surface area contributed by atoms with Crippen LogP contribution in [0.2, 0.25) is 0 Å². The third-order valence-electron chi connectivity index (χ3n) is 4.24. The summed E-state index contributed by atoms with van der Waals surface area (Å²) in [5, 5.41) is 0. The van der Waals surface area contributed by atoms with Crippen molar-refractivity contribution in [3.63, 3.8) is 0 Å². The van der Waals surface area contributed by atoms with E-state index in [1.807, 2.05) is 0 Å². The molecule has 3 rings (SSSR count). The zero-order chi connectivity index (χ0) is 9.54. The van der Waals surface area contributed by atoms with Crippen molar-refractivity contribution in [2.75, 3.05) is 0 Å². The average molecular weight is 188 g/mol. The smallest absolute Gasteiger partial charge is 0.140 e. The van der Waals surface area contributed by atoms with Gasteiger partial charge in [-0.3, -0.25) is 4.79 Å². The maximum atomic E-state index is 12.1. The fourth-order valence-electron chi connectivity index (χ4n) is 3.55. The minimum absolute atomic E-state index is 0.370.